The molecule has 0 aliphatic carbocycles. The van der Waals surface area contributed by atoms with Gasteiger partial charge in [-0.1, -0.05) is 6.07 Å². The molecule has 19 heavy (non-hydrogen) atoms. The minimum atomic E-state index is -0.453. The standard InChI is InChI=1S/C12H9BrN4O2/c13-9-5-14-12(19)17(11(9)18)7-8-6-16-4-2-1-3-10(16)15-8/h1-6H,7H2,(H,14,19). The summed E-state index contributed by atoms with van der Waals surface area (Å²) in [5, 5.41) is 0. The van der Waals surface area contributed by atoms with E-state index in [2.05, 4.69) is 25.9 Å². The van der Waals surface area contributed by atoms with Crippen LogP contribution in [0.4, 0.5) is 0 Å². The number of imidazole rings is 1. The molecule has 7 heteroatoms. The Morgan fingerprint density at radius 2 is 2.16 bits per heavy atom. The molecule has 0 amide bonds. The first kappa shape index (κ1) is 11.9. The van der Waals surface area contributed by atoms with Gasteiger partial charge in [-0.2, -0.15) is 0 Å². The first-order valence-electron chi connectivity index (χ1n) is 5.56. The van der Waals surface area contributed by atoms with E-state index >= 15 is 0 Å². The van der Waals surface area contributed by atoms with Gasteiger partial charge in [-0.3, -0.25) is 9.36 Å². The van der Waals surface area contributed by atoms with Crippen molar-refractivity contribution in [1.29, 1.82) is 0 Å². The lowest BCUT2D eigenvalue weighted by molar-refractivity contribution is 0.683. The van der Waals surface area contributed by atoms with Crippen LogP contribution < -0.4 is 11.2 Å². The molecule has 3 aromatic heterocycles. The third kappa shape index (κ3) is 2.12. The van der Waals surface area contributed by atoms with Crippen LogP contribution in [0.3, 0.4) is 0 Å². The lowest BCUT2D eigenvalue weighted by Crippen LogP contribution is -2.35. The van der Waals surface area contributed by atoms with Crippen molar-refractivity contribution in [1.82, 2.24) is 18.9 Å². The lowest BCUT2D eigenvalue weighted by Gasteiger charge is -2.01. The summed E-state index contributed by atoms with van der Waals surface area (Å²) in [6, 6.07) is 5.62. The van der Waals surface area contributed by atoms with Gasteiger partial charge >= 0.3 is 5.69 Å². The average Bonchev–Trinajstić information content (AvgIpc) is 2.81. The molecule has 0 fully saturated rings. The maximum Gasteiger partial charge on any atom is 0.328 e. The number of hydrogen-bond donors (Lipinski definition) is 1. The first-order valence-corrected chi connectivity index (χ1v) is 6.35. The minimum absolute atomic E-state index is 0.134. The summed E-state index contributed by atoms with van der Waals surface area (Å²) in [4.78, 5) is 30.4. The van der Waals surface area contributed by atoms with Gasteiger partial charge in [0.15, 0.2) is 0 Å². The quantitative estimate of drug-likeness (QED) is 0.765. The van der Waals surface area contributed by atoms with E-state index in [0.29, 0.717) is 10.2 Å². The number of rotatable bonds is 2. The van der Waals surface area contributed by atoms with Gasteiger partial charge in [-0.15, -0.1) is 0 Å². The van der Waals surface area contributed by atoms with Gasteiger partial charge in [-0.25, -0.2) is 9.78 Å². The molecule has 1 N–H and O–H groups in total. The molecule has 6 nitrogen and oxygen atoms in total. The second-order valence-corrected chi connectivity index (χ2v) is 4.89. The van der Waals surface area contributed by atoms with Crippen molar-refractivity contribution in [2.24, 2.45) is 0 Å². The van der Waals surface area contributed by atoms with Crippen LogP contribution in [0, 0.1) is 0 Å². The summed E-state index contributed by atoms with van der Waals surface area (Å²) in [7, 11) is 0. The topological polar surface area (TPSA) is 72.2 Å². The molecule has 3 heterocycles. The van der Waals surface area contributed by atoms with Crippen LogP contribution in [0.1, 0.15) is 5.69 Å². The van der Waals surface area contributed by atoms with E-state index in [-0.39, 0.29) is 12.1 Å². The molecule has 3 rings (SSSR count). The first-order chi connectivity index (χ1) is 9.15. The normalized spacial score (nSPS) is 11.0. The van der Waals surface area contributed by atoms with E-state index < -0.39 is 5.69 Å². The Kier molecular flexibility index (Phi) is 2.83. The molecule has 0 saturated heterocycles. The van der Waals surface area contributed by atoms with E-state index in [1.165, 1.54) is 6.20 Å². The molecule has 0 spiro atoms. The monoisotopic (exact) mass is 320 g/mol. The summed E-state index contributed by atoms with van der Waals surface area (Å²) in [6.07, 6.45) is 4.99. The second kappa shape index (κ2) is 4.51. The Bertz CT molecular complexity index is 829. The lowest BCUT2D eigenvalue weighted by atomic mass is 10.4. The molecule has 0 aliphatic heterocycles. The van der Waals surface area contributed by atoms with Gasteiger partial charge in [0.2, 0.25) is 0 Å². The fourth-order valence-corrected chi connectivity index (χ4v) is 2.18. The maximum atomic E-state index is 11.9. The van der Waals surface area contributed by atoms with Crippen molar-refractivity contribution >= 4 is 21.6 Å². The number of nitrogens with one attached hydrogen (secondary N) is 1. The van der Waals surface area contributed by atoms with Gasteiger partial charge in [0.05, 0.1) is 16.7 Å². The molecule has 0 aromatic carbocycles. The largest absolute Gasteiger partial charge is 0.328 e. The van der Waals surface area contributed by atoms with Crippen LogP contribution in [0.15, 0.2) is 50.9 Å². The SMILES string of the molecule is O=c1[nH]cc(Br)c(=O)n1Cc1cn2ccccc2n1. The Labute approximate surface area is 115 Å². The highest BCUT2D eigenvalue weighted by atomic mass is 79.9. The Hall–Kier alpha value is -2.15. The summed E-state index contributed by atoms with van der Waals surface area (Å²) in [5.74, 6) is 0. The number of halogens is 1. The zero-order valence-corrected chi connectivity index (χ0v) is 11.3. The van der Waals surface area contributed by atoms with E-state index in [9.17, 15) is 9.59 Å². The van der Waals surface area contributed by atoms with Gasteiger partial charge < -0.3 is 9.38 Å². The molecule has 3 aromatic rings. The van der Waals surface area contributed by atoms with Crippen LogP contribution >= 0.6 is 15.9 Å². The van der Waals surface area contributed by atoms with Crippen LogP contribution in [-0.4, -0.2) is 18.9 Å². The molecule has 0 radical (unpaired) electrons. The maximum absolute atomic E-state index is 11.9. The molecular weight excluding hydrogens is 312 g/mol. The number of aromatic amines is 1. The molecule has 0 aliphatic rings. The van der Waals surface area contributed by atoms with Crippen LogP contribution in [-0.2, 0) is 6.54 Å². The predicted molar refractivity (Wildman–Crippen MR) is 73.3 cm³/mol. The Morgan fingerprint density at radius 3 is 2.95 bits per heavy atom. The number of nitrogens with zero attached hydrogens (tertiary/aromatic N) is 3. The van der Waals surface area contributed by atoms with Crippen molar-refractivity contribution in [2.45, 2.75) is 6.54 Å². The van der Waals surface area contributed by atoms with Crippen molar-refractivity contribution in [3.05, 3.63) is 67.8 Å². The Morgan fingerprint density at radius 1 is 1.32 bits per heavy atom. The highest BCUT2D eigenvalue weighted by molar-refractivity contribution is 9.10. The van der Waals surface area contributed by atoms with Crippen LogP contribution in [0.2, 0.25) is 0 Å². The van der Waals surface area contributed by atoms with Crippen LogP contribution in [0.25, 0.3) is 5.65 Å². The molecule has 0 atom stereocenters. The summed E-state index contributed by atoms with van der Waals surface area (Å²) >= 11 is 3.10. The molecule has 0 unspecified atom stereocenters. The highest BCUT2D eigenvalue weighted by Gasteiger charge is 2.08. The highest BCUT2D eigenvalue weighted by Crippen LogP contribution is 2.05. The van der Waals surface area contributed by atoms with E-state index in [4.69, 9.17) is 0 Å². The summed E-state index contributed by atoms with van der Waals surface area (Å²) in [6.45, 7) is 0.134. The number of aromatic nitrogens is 4. The zero-order chi connectivity index (χ0) is 13.4. The van der Waals surface area contributed by atoms with E-state index in [0.717, 1.165) is 10.2 Å². The number of pyridine rings is 1. The third-order valence-electron chi connectivity index (χ3n) is 2.75. The number of fused-ring (bicyclic) bond motifs is 1. The third-order valence-corrected chi connectivity index (χ3v) is 3.32. The van der Waals surface area contributed by atoms with Gasteiger partial charge in [-0.05, 0) is 28.1 Å². The van der Waals surface area contributed by atoms with Crippen molar-refractivity contribution in [2.75, 3.05) is 0 Å². The van der Waals surface area contributed by atoms with E-state index in [1.807, 2.05) is 28.8 Å². The van der Waals surface area contributed by atoms with Crippen molar-refractivity contribution in [3.63, 3.8) is 0 Å². The average molecular weight is 321 g/mol. The van der Waals surface area contributed by atoms with Gasteiger partial charge in [0.25, 0.3) is 5.56 Å². The summed E-state index contributed by atoms with van der Waals surface area (Å²) in [5.41, 5.74) is 0.597. The second-order valence-electron chi connectivity index (χ2n) is 4.03. The fraction of sp³-hybridized carbons (Fsp3) is 0.0833. The van der Waals surface area contributed by atoms with Gasteiger partial charge in [0, 0.05) is 18.6 Å². The van der Waals surface area contributed by atoms with Gasteiger partial charge in [0.1, 0.15) is 5.65 Å². The number of H-pyrrole nitrogens is 1. The van der Waals surface area contributed by atoms with Crippen molar-refractivity contribution in [3.8, 4) is 0 Å². The van der Waals surface area contributed by atoms with Crippen LogP contribution in [0.5, 0.6) is 0 Å². The molecular formula is C12H9BrN4O2. The van der Waals surface area contributed by atoms with Crippen molar-refractivity contribution < 1.29 is 0 Å². The number of hydrogen-bond acceptors (Lipinski definition) is 3. The fourth-order valence-electron chi connectivity index (χ4n) is 1.85. The molecule has 0 bridgehead atoms. The Balaban J connectivity index is 2.08. The minimum Gasteiger partial charge on any atom is -0.313 e. The van der Waals surface area contributed by atoms with E-state index in [1.54, 1.807) is 6.20 Å². The molecule has 96 valence electrons. The predicted octanol–water partition coefficient (Wildman–Crippen LogP) is 0.995. The summed E-state index contributed by atoms with van der Waals surface area (Å²) < 4.78 is 3.26. The molecule has 0 saturated carbocycles. The zero-order valence-electron chi connectivity index (χ0n) is 9.71. The smallest absolute Gasteiger partial charge is 0.313 e.